The van der Waals surface area contributed by atoms with Gasteiger partial charge in [-0.2, -0.15) is 0 Å². The van der Waals surface area contributed by atoms with Crippen molar-refractivity contribution in [3.63, 3.8) is 0 Å². The summed E-state index contributed by atoms with van der Waals surface area (Å²) in [7, 11) is 0. The van der Waals surface area contributed by atoms with Crippen LogP contribution >= 0.6 is 11.6 Å². The van der Waals surface area contributed by atoms with Gasteiger partial charge in [0, 0.05) is 29.4 Å². The Kier molecular flexibility index (Phi) is 3.55. The highest BCUT2D eigenvalue weighted by molar-refractivity contribution is 6.30. The fourth-order valence-corrected chi connectivity index (χ4v) is 3.08. The number of benzene rings is 2. The van der Waals surface area contributed by atoms with E-state index in [2.05, 4.69) is 23.1 Å². The molecule has 1 unspecified atom stereocenters. The van der Waals surface area contributed by atoms with Crippen molar-refractivity contribution in [2.45, 2.75) is 12.5 Å². The van der Waals surface area contributed by atoms with Crippen LogP contribution in [0.5, 0.6) is 5.75 Å². The monoisotopic (exact) mass is 288 g/mol. The molecule has 1 heterocycles. The minimum atomic E-state index is -0.0580. The molecule has 1 aliphatic heterocycles. The van der Waals surface area contributed by atoms with Crippen molar-refractivity contribution in [1.29, 1.82) is 0 Å². The highest BCUT2D eigenvalue weighted by Crippen LogP contribution is 2.37. The number of nitrogens with zero attached hydrogens (tertiary/aromatic N) is 1. The molecule has 0 aromatic heterocycles. The van der Waals surface area contributed by atoms with Crippen LogP contribution in [0, 0.1) is 0 Å². The summed E-state index contributed by atoms with van der Waals surface area (Å²) in [6, 6.07) is 13.4. The number of anilines is 1. The Labute approximate surface area is 123 Å². The fraction of sp³-hybridized carbons (Fsp3) is 0.250. The van der Waals surface area contributed by atoms with Crippen molar-refractivity contribution in [2.24, 2.45) is 5.73 Å². The Bertz CT molecular complexity index is 630. The van der Waals surface area contributed by atoms with Crippen LogP contribution in [0.1, 0.15) is 17.2 Å². The van der Waals surface area contributed by atoms with Crippen LogP contribution in [0.15, 0.2) is 42.5 Å². The van der Waals surface area contributed by atoms with Gasteiger partial charge >= 0.3 is 0 Å². The van der Waals surface area contributed by atoms with Crippen LogP contribution < -0.4 is 10.6 Å². The predicted octanol–water partition coefficient (Wildman–Crippen LogP) is 3.11. The quantitative estimate of drug-likeness (QED) is 0.912. The van der Waals surface area contributed by atoms with Crippen molar-refractivity contribution < 1.29 is 5.11 Å². The lowest BCUT2D eigenvalue weighted by Gasteiger charge is -2.30. The normalized spacial score (nSPS) is 15.2. The van der Waals surface area contributed by atoms with Crippen LogP contribution in [0.3, 0.4) is 0 Å². The van der Waals surface area contributed by atoms with Crippen LogP contribution in [0.4, 0.5) is 5.69 Å². The summed E-state index contributed by atoms with van der Waals surface area (Å²) < 4.78 is 0. The number of phenols is 1. The Morgan fingerprint density at radius 1 is 1.25 bits per heavy atom. The van der Waals surface area contributed by atoms with Gasteiger partial charge in [0.05, 0.1) is 6.04 Å². The average Bonchev–Trinajstić information content (AvgIpc) is 2.88. The van der Waals surface area contributed by atoms with Crippen molar-refractivity contribution in [3.8, 4) is 5.75 Å². The smallest absolute Gasteiger partial charge is 0.121 e. The maximum atomic E-state index is 10.1. The molecule has 20 heavy (non-hydrogen) atoms. The second-order valence-corrected chi connectivity index (χ2v) is 5.46. The molecule has 4 heteroatoms. The van der Waals surface area contributed by atoms with Gasteiger partial charge in [0.15, 0.2) is 0 Å². The van der Waals surface area contributed by atoms with E-state index in [9.17, 15) is 5.11 Å². The van der Waals surface area contributed by atoms with Gasteiger partial charge in [-0.25, -0.2) is 0 Å². The maximum absolute atomic E-state index is 10.1. The molecule has 0 aliphatic carbocycles. The van der Waals surface area contributed by atoms with E-state index in [1.807, 2.05) is 6.07 Å². The molecule has 0 bridgehead atoms. The molecule has 0 fully saturated rings. The lowest BCUT2D eigenvalue weighted by atomic mass is 10.0. The standard InChI is InChI=1S/C16H17ClN2O/c17-12-5-6-16(20)13(9-12)15(10-18)19-8-7-11-3-1-2-4-14(11)19/h1-6,9,15,20H,7-8,10,18H2. The summed E-state index contributed by atoms with van der Waals surface area (Å²) in [6.45, 7) is 1.34. The molecular formula is C16H17ClN2O. The topological polar surface area (TPSA) is 49.5 Å². The lowest BCUT2D eigenvalue weighted by molar-refractivity contribution is 0.459. The first-order valence-corrected chi connectivity index (χ1v) is 7.11. The predicted molar refractivity (Wildman–Crippen MR) is 82.4 cm³/mol. The molecule has 0 radical (unpaired) electrons. The lowest BCUT2D eigenvalue weighted by Crippen LogP contribution is -2.32. The minimum absolute atomic E-state index is 0.0580. The number of para-hydroxylation sites is 1. The first-order valence-electron chi connectivity index (χ1n) is 6.73. The van der Waals surface area contributed by atoms with E-state index in [-0.39, 0.29) is 11.8 Å². The minimum Gasteiger partial charge on any atom is -0.508 e. The maximum Gasteiger partial charge on any atom is 0.121 e. The number of nitrogens with two attached hydrogens (primary N) is 1. The third kappa shape index (κ3) is 2.23. The number of halogens is 1. The zero-order valence-electron chi connectivity index (χ0n) is 11.1. The van der Waals surface area contributed by atoms with Crippen molar-refractivity contribution >= 4 is 17.3 Å². The third-order valence-electron chi connectivity index (χ3n) is 3.87. The van der Waals surface area contributed by atoms with Crippen LogP contribution in [-0.4, -0.2) is 18.2 Å². The summed E-state index contributed by atoms with van der Waals surface area (Å²) >= 11 is 6.05. The van der Waals surface area contributed by atoms with Crippen molar-refractivity contribution in [1.82, 2.24) is 0 Å². The summed E-state index contributed by atoms with van der Waals surface area (Å²) in [6.07, 6.45) is 1.01. The molecular weight excluding hydrogens is 272 g/mol. The first kappa shape index (κ1) is 13.3. The van der Waals surface area contributed by atoms with Gasteiger partial charge in [0.2, 0.25) is 0 Å². The molecule has 0 amide bonds. The Morgan fingerprint density at radius 3 is 2.85 bits per heavy atom. The summed E-state index contributed by atoms with van der Waals surface area (Å²) in [5.74, 6) is 0.245. The molecule has 2 aromatic carbocycles. The summed E-state index contributed by atoms with van der Waals surface area (Å²) in [4.78, 5) is 2.25. The fourth-order valence-electron chi connectivity index (χ4n) is 2.90. The molecule has 0 spiro atoms. The highest BCUT2D eigenvalue weighted by atomic mass is 35.5. The molecule has 1 atom stereocenters. The van der Waals surface area contributed by atoms with Gasteiger partial charge in [0.25, 0.3) is 0 Å². The van der Waals surface area contributed by atoms with Gasteiger partial charge in [-0.3, -0.25) is 0 Å². The Hall–Kier alpha value is -1.71. The molecule has 3 nitrogen and oxygen atoms in total. The third-order valence-corrected chi connectivity index (χ3v) is 4.11. The van der Waals surface area contributed by atoms with Gasteiger partial charge in [-0.1, -0.05) is 29.8 Å². The number of rotatable bonds is 3. The van der Waals surface area contributed by atoms with Crippen LogP contribution in [0.2, 0.25) is 5.02 Å². The zero-order chi connectivity index (χ0) is 14.1. The molecule has 3 N–H and O–H groups in total. The van der Waals surface area contributed by atoms with E-state index >= 15 is 0 Å². The number of aromatic hydroxyl groups is 1. The highest BCUT2D eigenvalue weighted by Gasteiger charge is 2.27. The zero-order valence-corrected chi connectivity index (χ0v) is 11.8. The number of hydrogen-bond acceptors (Lipinski definition) is 3. The molecule has 2 aromatic rings. The molecule has 0 saturated carbocycles. The number of hydrogen-bond donors (Lipinski definition) is 2. The van der Waals surface area contributed by atoms with E-state index in [1.165, 1.54) is 11.3 Å². The van der Waals surface area contributed by atoms with E-state index in [0.717, 1.165) is 18.5 Å². The first-order chi connectivity index (χ1) is 9.70. The van der Waals surface area contributed by atoms with Crippen LogP contribution in [0.25, 0.3) is 0 Å². The van der Waals surface area contributed by atoms with E-state index in [0.29, 0.717) is 11.6 Å². The summed E-state index contributed by atoms with van der Waals surface area (Å²) in [5, 5.41) is 10.7. The largest absolute Gasteiger partial charge is 0.508 e. The van der Waals surface area contributed by atoms with Gasteiger partial charge in [-0.15, -0.1) is 0 Å². The van der Waals surface area contributed by atoms with Crippen molar-refractivity contribution in [2.75, 3.05) is 18.0 Å². The average molecular weight is 289 g/mol. The van der Waals surface area contributed by atoms with E-state index in [4.69, 9.17) is 17.3 Å². The SMILES string of the molecule is NCC(c1cc(Cl)ccc1O)N1CCc2ccccc21. The molecule has 104 valence electrons. The van der Waals surface area contributed by atoms with Crippen LogP contribution in [-0.2, 0) is 6.42 Å². The number of fused-ring (bicyclic) bond motifs is 1. The Morgan fingerprint density at radius 2 is 2.05 bits per heavy atom. The molecule has 1 aliphatic rings. The molecule has 3 rings (SSSR count). The molecule has 0 saturated heterocycles. The second kappa shape index (κ2) is 5.35. The van der Waals surface area contributed by atoms with Gasteiger partial charge in [-0.05, 0) is 36.2 Å². The Balaban J connectivity index is 2.01. The van der Waals surface area contributed by atoms with E-state index < -0.39 is 0 Å². The second-order valence-electron chi connectivity index (χ2n) is 5.03. The van der Waals surface area contributed by atoms with E-state index in [1.54, 1.807) is 18.2 Å². The summed E-state index contributed by atoms with van der Waals surface area (Å²) in [5.41, 5.74) is 9.28. The van der Waals surface area contributed by atoms with Gasteiger partial charge < -0.3 is 15.7 Å². The number of phenolic OH excluding ortho intramolecular Hbond substituents is 1. The van der Waals surface area contributed by atoms with Crippen molar-refractivity contribution in [3.05, 3.63) is 58.6 Å². The van der Waals surface area contributed by atoms with Gasteiger partial charge in [0.1, 0.15) is 5.75 Å².